The number of non-ortho nitro benzene ring substituents is 1. The standard InChI is InChI=1S/C17H21N5O4S/c1-3-13-18-17-21(19-13)16(24)15(27-17)14(20(4-2)8-9-23)11-6-5-7-12(10-11)22(25)26/h5-7,10,14,23-24H,3-4,8-9H2,1-2H3. The molecule has 0 aliphatic carbocycles. The smallest absolute Gasteiger partial charge is 0.269 e. The molecule has 0 fully saturated rings. The van der Waals surface area contributed by atoms with Gasteiger partial charge in [0.1, 0.15) is 0 Å². The van der Waals surface area contributed by atoms with E-state index in [0.29, 0.717) is 40.7 Å². The maximum absolute atomic E-state index is 11.2. The lowest BCUT2D eigenvalue weighted by Crippen LogP contribution is -2.31. The molecule has 1 aromatic carbocycles. The minimum Gasteiger partial charge on any atom is -0.492 e. The highest BCUT2D eigenvalue weighted by Crippen LogP contribution is 2.40. The van der Waals surface area contributed by atoms with Gasteiger partial charge < -0.3 is 10.2 Å². The number of aliphatic hydroxyl groups is 1. The van der Waals surface area contributed by atoms with Gasteiger partial charge in [0, 0.05) is 25.1 Å². The van der Waals surface area contributed by atoms with Crippen LogP contribution in [0.2, 0.25) is 0 Å². The maximum atomic E-state index is 11.2. The zero-order valence-corrected chi connectivity index (χ0v) is 15.9. The molecule has 9 nitrogen and oxygen atoms in total. The van der Waals surface area contributed by atoms with Gasteiger partial charge in [-0.15, -0.1) is 5.10 Å². The van der Waals surface area contributed by atoms with Crippen LogP contribution in [-0.2, 0) is 6.42 Å². The zero-order chi connectivity index (χ0) is 19.6. The van der Waals surface area contributed by atoms with Crippen LogP contribution in [0.25, 0.3) is 4.96 Å². The number of nitro groups is 1. The van der Waals surface area contributed by atoms with Crippen molar-refractivity contribution in [2.45, 2.75) is 26.3 Å². The number of aromatic nitrogens is 3. The number of aryl methyl sites for hydroxylation is 1. The van der Waals surface area contributed by atoms with Gasteiger partial charge in [-0.1, -0.05) is 37.3 Å². The number of aromatic hydroxyl groups is 1. The van der Waals surface area contributed by atoms with Gasteiger partial charge in [0.15, 0.2) is 5.82 Å². The molecule has 3 aromatic rings. The van der Waals surface area contributed by atoms with Crippen molar-refractivity contribution in [3.8, 4) is 5.88 Å². The molecule has 0 spiro atoms. The second-order valence-corrected chi connectivity index (χ2v) is 6.98. The quantitative estimate of drug-likeness (QED) is 0.447. The molecule has 3 rings (SSSR count). The number of nitro benzene ring substituents is 1. The summed E-state index contributed by atoms with van der Waals surface area (Å²) in [4.78, 5) is 18.3. The number of fused-ring (bicyclic) bond motifs is 1. The number of hydrogen-bond donors (Lipinski definition) is 2. The predicted octanol–water partition coefficient (Wildman–Crippen LogP) is 2.37. The fraction of sp³-hybridized carbons (Fsp3) is 0.412. The van der Waals surface area contributed by atoms with E-state index in [4.69, 9.17) is 0 Å². The largest absolute Gasteiger partial charge is 0.492 e. The van der Waals surface area contributed by atoms with Gasteiger partial charge in [-0.05, 0) is 12.1 Å². The highest BCUT2D eigenvalue weighted by atomic mass is 32.1. The Kier molecular flexibility index (Phi) is 5.68. The van der Waals surface area contributed by atoms with Crippen LogP contribution in [0.15, 0.2) is 24.3 Å². The Hall–Kier alpha value is -2.56. The van der Waals surface area contributed by atoms with Crippen molar-refractivity contribution in [1.82, 2.24) is 19.5 Å². The molecule has 144 valence electrons. The number of thiazole rings is 1. The van der Waals surface area contributed by atoms with Crippen LogP contribution in [0.3, 0.4) is 0 Å². The summed E-state index contributed by atoms with van der Waals surface area (Å²) >= 11 is 1.29. The first-order valence-corrected chi connectivity index (χ1v) is 9.48. The van der Waals surface area contributed by atoms with E-state index in [1.54, 1.807) is 12.1 Å². The monoisotopic (exact) mass is 391 g/mol. The highest BCUT2D eigenvalue weighted by molar-refractivity contribution is 7.17. The number of aliphatic hydroxyl groups excluding tert-OH is 1. The summed E-state index contributed by atoms with van der Waals surface area (Å²) in [6.07, 6.45) is 0.656. The Bertz CT molecular complexity index is 954. The fourth-order valence-electron chi connectivity index (χ4n) is 3.05. The van der Waals surface area contributed by atoms with Crippen LogP contribution in [0.1, 0.15) is 36.2 Å². The zero-order valence-electron chi connectivity index (χ0n) is 15.1. The molecule has 1 atom stereocenters. The Morgan fingerprint density at radius 1 is 1.41 bits per heavy atom. The Balaban J connectivity index is 2.15. The van der Waals surface area contributed by atoms with Crippen molar-refractivity contribution in [1.29, 1.82) is 0 Å². The summed E-state index contributed by atoms with van der Waals surface area (Å²) in [7, 11) is 0. The Labute approximate surface area is 159 Å². The summed E-state index contributed by atoms with van der Waals surface area (Å²) in [6.45, 7) is 4.74. The molecule has 2 N–H and O–H groups in total. The van der Waals surface area contributed by atoms with Crippen molar-refractivity contribution in [2.75, 3.05) is 19.7 Å². The van der Waals surface area contributed by atoms with E-state index in [2.05, 4.69) is 10.1 Å². The summed E-state index contributed by atoms with van der Waals surface area (Å²) in [5, 5.41) is 35.7. The minimum atomic E-state index is -0.458. The molecule has 0 aliphatic rings. The molecule has 2 heterocycles. The number of hydrogen-bond acceptors (Lipinski definition) is 8. The van der Waals surface area contributed by atoms with Crippen LogP contribution in [0, 0.1) is 10.1 Å². The summed E-state index contributed by atoms with van der Waals surface area (Å²) < 4.78 is 1.40. The maximum Gasteiger partial charge on any atom is 0.269 e. The van der Waals surface area contributed by atoms with Crippen molar-refractivity contribution >= 4 is 22.0 Å². The van der Waals surface area contributed by atoms with Crippen LogP contribution < -0.4 is 0 Å². The molecule has 0 aliphatic heterocycles. The van der Waals surface area contributed by atoms with Gasteiger partial charge in [0.2, 0.25) is 10.8 Å². The normalized spacial score (nSPS) is 12.7. The molecule has 0 amide bonds. The van der Waals surface area contributed by atoms with Gasteiger partial charge in [-0.25, -0.2) is 4.98 Å². The Morgan fingerprint density at radius 2 is 2.19 bits per heavy atom. The first-order valence-electron chi connectivity index (χ1n) is 8.66. The topological polar surface area (TPSA) is 117 Å². The third kappa shape index (κ3) is 3.64. The minimum absolute atomic E-state index is 0.0234. The fourth-order valence-corrected chi connectivity index (χ4v) is 4.19. The van der Waals surface area contributed by atoms with Gasteiger partial charge in [-0.3, -0.25) is 15.0 Å². The molecule has 2 aromatic heterocycles. The van der Waals surface area contributed by atoms with Crippen LogP contribution >= 0.6 is 11.3 Å². The molecule has 0 saturated carbocycles. The average molecular weight is 391 g/mol. The number of nitrogens with zero attached hydrogens (tertiary/aromatic N) is 5. The van der Waals surface area contributed by atoms with Crippen LogP contribution in [-0.4, -0.2) is 54.3 Å². The van der Waals surface area contributed by atoms with Crippen LogP contribution in [0.4, 0.5) is 5.69 Å². The molecule has 10 heteroatoms. The van der Waals surface area contributed by atoms with E-state index >= 15 is 0 Å². The van der Waals surface area contributed by atoms with Crippen molar-refractivity contribution in [3.63, 3.8) is 0 Å². The second-order valence-electron chi connectivity index (χ2n) is 5.97. The number of benzene rings is 1. The average Bonchev–Trinajstić information content (AvgIpc) is 3.21. The van der Waals surface area contributed by atoms with Crippen molar-refractivity contribution < 1.29 is 15.1 Å². The van der Waals surface area contributed by atoms with Gasteiger partial charge in [0.25, 0.3) is 5.69 Å². The van der Waals surface area contributed by atoms with E-state index in [-0.39, 0.29) is 18.2 Å². The molecule has 0 saturated heterocycles. The van der Waals surface area contributed by atoms with E-state index in [1.807, 2.05) is 18.7 Å². The highest BCUT2D eigenvalue weighted by Gasteiger charge is 2.29. The SMILES string of the molecule is CCc1nc2sc(C(c3cccc([N+](=O)[O-])c3)N(CC)CCO)c(O)n2n1. The van der Waals surface area contributed by atoms with Gasteiger partial charge >= 0.3 is 0 Å². The van der Waals surface area contributed by atoms with E-state index in [1.165, 1.54) is 28.0 Å². The Morgan fingerprint density at radius 3 is 2.78 bits per heavy atom. The number of rotatable bonds is 8. The lowest BCUT2D eigenvalue weighted by Gasteiger charge is -2.29. The molecular formula is C17H21N5O4S. The van der Waals surface area contributed by atoms with E-state index in [9.17, 15) is 20.3 Å². The molecule has 27 heavy (non-hydrogen) atoms. The lowest BCUT2D eigenvalue weighted by molar-refractivity contribution is -0.384. The number of likely N-dealkylation sites (N-methyl/N-ethyl adjacent to an activating group) is 1. The van der Waals surface area contributed by atoms with Crippen LogP contribution in [0.5, 0.6) is 5.88 Å². The van der Waals surface area contributed by atoms with E-state index in [0.717, 1.165) is 0 Å². The molecule has 0 radical (unpaired) electrons. The third-order valence-electron chi connectivity index (χ3n) is 4.36. The van der Waals surface area contributed by atoms with E-state index < -0.39 is 11.0 Å². The summed E-state index contributed by atoms with van der Waals surface area (Å²) in [5.74, 6) is 0.604. The molecule has 0 bridgehead atoms. The molecule has 1 unspecified atom stereocenters. The molecular weight excluding hydrogens is 370 g/mol. The third-order valence-corrected chi connectivity index (χ3v) is 5.44. The predicted molar refractivity (Wildman–Crippen MR) is 101 cm³/mol. The first-order chi connectivity index (χ1) is 13.0. The van der Waals surface area contributed by atoms with Crippen molar-refractivity contribution in [2.24, 2.45) is 0 Å². The second kappa shape index (κ2) is 7.99. The first kappa shape index (κ1) is 19.2. The van der Waals surface area contributed by atoms with Gasteiger partial charge in [0.05, 0.1) is 22.4 Å². The van der Waals surface area contributed by atoms with Crippen molar-refractivity contribution in [3.05, 3.63) is 50.6 Å². The summed E-state index contributed by atoms with van der Waals surface area (Å²) in [5.41, 5.74) is 0.639. The summed E-state index contributed by atoms with van der Waals surface area (Å²) in [6, 6.07) is 5.87. The van der Waals surface area contributed by atoms with Gasteiger partial charge in [-0.2, -0.15) is 4.52 Å². The lowest BCUT2D eigenvalue weighted by atomic mass is 10.0.